The molecule has 9 heteroatoms. The van der Waals surface area contributed by atoms with Gasteiger partial charge < -0.3 is 4.90 Å². The van der Waals surface area contributed by atoms with Crippen molar-refractivity contribution >= 4 is 27.7 Å². The van der Waals surface area contributed by atoms with Crippen molar-refractivity contribution in [3.05, 3.63) is 65.7 Å². The summed E-state index contributed by atoms with van der Waals surface area (Å²) in [6, 6.07) is 13.6. The lowest BCUT2D eigenvalue weighted by Gasteiger charge is -2.36. The number of imide groups is 1. The molecular weight excluding hydrogens is 454 g/mol. The first kappa shape index (κ1) is 24.1. The fraction of sp³-hybridized carbons (Fsp3) is 0.400. The Balaban J connectivity index is 1.45. The number of likely N-dealkylation sites (tertiary alicyclic amines) is 1. The summed E-state index contributed by atoms with van der Waals surface area (Å²) in [5, 5.41) is 0. The van der Waals surface area contributed by atoms with E-state index in [0.29, 0.717) is 43.5 Å². The highest BCUT2D eigenvalue weighted by atomic mass is 32.2. The van der Waals surface area contributed by atoms with Crippen molar-refractivity contribution in [1.82, 2.24) is 14.5 Å². The fourth-order valence-electron chi connectivity index (χ4n) is 4.57. The Kier molecular flexibility index (Phi) is 6.86. The first-order valence-electron chi connectivity index (χ1n) is 11.5. The van der Waals surface area contributed by atoms with E-state index in [4.69, 9.17) is 0 Å². The second-order valence-electron chi connectivity index (χ2n) is 9.21. The van der Waals surface area contributed by atoms with Gasteiger partial charge in [0, 0.05) is 19.1 Å². The summed E-state index contributed by atoms with van der Waals surface area (Å²) >= 11 is 0. The minimum atomic E-state index is -3.64. The summed E-state index contributed by atoms with van der Waals surface area (Å²) in [4.78, 5) is 42.5. The first-order valence-corrected chi connectivity index (χ1v) is 13.0. The predicted molar refractivity (Wildman–Crippen MR) is 127 cm³/mol. The summed E-state index contributed by atoms with van der Waals surface area (Å²) in [5.41, 5.74) is 0.645. The minimum absolute atomic E-state index is 0.0912. The lowest BCUT2D eigenvalue weighted by Crippen LogP contribution is -2.54. The third kappa shape index (κ3) is 4.76. The van der Waals surface area contributed by atoms with Crippen LogP contribution in [0.4, 0.5) is 0 Å². The van der Waals surface area contributed by atoms with E-state index >= 15 is 0 Å². The summed E-state index contributed by atoms with van der Waals surface area (Å²) in [5.74, 6) is -1.06. The van der Waals surface area contributed by atoms with Crippen LogP contribution < -0.4 is 4.72 Å². The van der Waals surface area contributed by atoms with Crippen LogP contribution in [0.5, 0.6) is 0 Å². The van der Waals surface area contributed by atoms with Gasteiger partial charge in [0.1, 0.15) is 6.04 Å². The third-order valence-corrected chi connectivity index (χ3v) is 7.84. The van der Waals surface area contributed by atoms with Crippen LogP contribution in [0.3, 0.4) is 0 Å². The summed E-state index contributed by atoms with van der Waals surface area (Å²) in [6.45, 7) is 4.59. The number of hydrogen-bond acceptors (Lipinski definition) is 5. The number of nitrogens with one attached hydrogen (secondary N) is 1. The van der Waals surface area contributed by atoms with Crippen molar-refractivity contribution in [3.8, 4) is 0 Å². The number of carbonyl (C=O) groups is 3. The molecule has 2 aromatic rings. The molecule has 4 rings (SSSR count). The monoisotopic (exact) mass is 483 g/mol. The topological polar surface area (TPSA) is 104 Å². The van der Waals surface area contributed by atoms with Crippen molar-refractivity contribution in [3.63, 3.8) is 0 Å². The molecule has 0 saturated carbocycles. The second kappa shape index (κ2) is 9.68. The number of hydrogen-bond donors (Lipinski definition) is 1. The zero-order valence-corrected chi connectivity index (χ0v) is 20.1. The van der Waals surface area contributed by atoms with E-state index in [1.54, 1.807) is 59.5 Å². The van der Waals surface area contributed by atoms with E-state index in [1.807, 2.05) is 13.8 Å². The molecule has 0 aliphatic carbocycles. The van der Waals surface area contributed by atoms with Crippen LogP contribution >= 0.6 is 0 Å². The molecule has 0 aromatic heterocycles. The number of fused-ring (bicyclic) bond motifs is 1. The first-order chi connectivity index (χ1) is 16.2. The lowest BCUT2D eigenvalue weighted by molar-refractivity contribution is -0.137. The van der Waals surface area contributed by atoms with E-state index in [9.17, 15) is 22.8 Å². The Hall–Kier alpha value is -3.04. The van der Waals surface area contributed by atoms with Crippen molar-refractivity contribution in [1.29, 1.82) is 0 Å². The Morgan fingerprint density at radius 3 is 2.00 bits per heavy atom. The molecule has 2 heterocycles. The molecule has 0 unspecified atom stereocenters. The molecular formula is C25H29N3O5S. The molecule has 0 spiro atoms. The Morgan fingerprint density at radius 1 is 0.941 bits per heavy atom. The quantitative estimate of drug-likeness (QED) is 0.610. The van der Waals surface area contributed by atoms with Crippen LogP contribution in [0, 0.1) is 5.92 Å². The molecule has 2 aliphatic heterocycles. The van der Waals surface area contributed by atoms with Crippen LogP contribution in [-0.2, 0) is 14.8 Å². The molecule has 1 atom stereocenters. The van der Waals surface area contributed by atoms with Crippen LogP contribution in [0.25, 0.3) is 0 Å². The van der Waals surface area contributed by atoms with Crippen molar-refractivity contribution in [2.75, 3.05) is 13.1 Å². The van der Waals surface area contributed by atoms with E-state index in [0.717, 1.165) is 4.90 Å². The van der Waals surface area contributed by atoms with E-state index in [2.05, 4.69) is 4.72 Å². The van der Waals surface area contributed by atoms with Gasteiger partial charge in [0.25, 0.3) is 11.8 Å². The highest BCUT2D eigenvalue weighted by Crippen LogP contribution is 2.28. The largest absolute Gasteiger partial charge is 0.341 e. The number of benzene rings is 2. The molecule has 0 radical (unpaired) electrons. The molecule has 2 aromatic carbocycles. The number of piperidine rings is 1. The van der Waals surface area contributed by atoms with E-state index in [-0.39, 0.29) is 22.8 Å². The maximum atomic E-state index is 13.5. The SMILES string of the molecule is CC(C)C[C@H](C(=O)N1CCC(NS(=O)(=O)c2ccccc2)CC1)N1C(=O)c2ccccc2C1=O. The van der Waals surface area contributed by atoms with Gasteiger partial charge in [0.15, 0.2) is 0 Å². The number of carbonyl (C=O) groups excluding carboxylic acids is 3. The lowest BCUT2D eigenvalue weighted by atomic mass is 9.99. The molecule has 1 saturated heterocycles. The van der Waals surface area contributed by atoms with Crippen LogP contribution in [-0.4, -0.2) is 61.1 Å². The number of amides is 3. The minimum Gasteiger partial charge on any atom is -0.341 e. The molecule has 180 valence electrons. The highest BCUT2D eigenvalue weighted by molar-refractivity contribution is 7.89. The molecule has 1 fully saturated rings. The molecule has 8 nitrogen and oxygen atoms in total. The van der Waals surface area contributed by atoms with E-state index in [1.165, 1.54) is 0 Å². The zero-order valence-electron chi connectivity index (χ0n) is 19.3. The van der Waals surface area contributed by atoms with Crippen LogP contribution in [0.2, 0.25) is 0 Å². The standard InChI is InChI=1S/C25H29N3O5S/c1-17(2)16-22(28-23(29)20-10-6-7-11-21(20)24(28)30)25(31)27-14-12-18(13-15-27)26-34(32,33)19-8-4-3-5-9-19/h3-11,17-18,22,26H,12-16H2,1-2H3/t22-/m1/s1. The van der Waals surface area contributed by atoms with Crippen LogP contribution in [0.15, 0.2) is 59.5 Å². The smallest absolute Gasteiger partial charge is 0.262 e. The Labute approximate surface area is 200 Å². The number of rotatable bonds is 7. The maximum absolute atomic E-state index is 13.5. The van der Waals surface area contributed by atoms with Gasteiger partial charge >= 0.3 is 0 Å². The van der Waals surface area contributed by atoms with Gasteiger partial charge in [-0.1, -0.05) is 44.2 Å². The van der Waals surface area contributed by atoms with Gasteiger partial charge in [-0.25, -0.2) is 13.1 Å². The van der Waals surface area contributed by atoms with Gasteiger partial charge in [0.05, 0.1) is 16.0 Å². The number of nitrogens with zero attached hydrogens (tertiary/aromatic N) is 2. The zero-order chi connectivity index (χ0) is 24.5. The van der Waals surface area contributed by atoms with Crippen molar-refractivity contribution in [2.24, 2.45) is 5.92 Å². The van der Waals surface area contributed by atoms with Gasteiger partial charge in [-0.3, -0.25) is 19.3 Å². The molecule has 34 heavy (non-hydrogen) atoms. The van der Waals surface area contributed by atoms with Gasteiger partial charge in [0.2, 0.25) is 15.9 Å². The van der Waals surface area contributed by atoms with E-state index < -0.39 is 27.9 Å². The molecule has 1 N–H and O–H groups in total. The third-order valence-electron chi connectivity index (χ3n) is 6.30. The fourth-order valence-corrected chi connectivity index (χ4v) is 5.90. The normalized spacial score (nSPS) is 17.9. The summed E-state index contributed by atoms with van der Waals surface area (Å²) < 4.78 is 28.0. The summed E-state index contributed by atoms with van der Waals surface area (Å²) in [6.07, 6.45) is 1.27. The average Bonchev–Trinajstić information content (AvgIpc) is 3.08. The predicted octanol–water partition coefficient (Wildman–Crippen LogP) is 2.67. The Morgan fingerprint density at radius 2 is 1.47 bits per heavy atom. The molecule has 2 aliphatic rings. The van der Waals surface area contributed by atoms with Crippen LogP contribution in [0.1, 0.15) is 53.8 Å². The van der Waals surface area contributed by atoms with Gasteiger partial charge in [-0.05, 0) is 49.4 Å². The van der Waals surface area contributed by atoms with Crippen molar-refractivity contribution < 1.29 is 22.8 Å². The summed E-state index contributed by atoms with van der Waals surface area (Å²) in [7, 11) is -3.64. The highest BCUT2D eigenvalue weighted by Gasteiger charge is 2.44. The van der Waals surface area contributed by atoms with Gasteiger partial charge in [-0.2, -0.15) is 0 Å². The molecule has 0 bridgehead atoms. The van der Waals surface area contributed by atoms with Crippen molar-refractivity contribution in [2.45, 2.75) is 50.1 Å². The molecule has 3 amide bonds. The Bertz CT molecular complexity index is 1150. The van der Waals surface area contributed by atoms with Gasteiger partial charge in [-0.15, -0.1) is 0 Å². The average molecular weight is 484 g/mol. The second-order valence-corrected chi connectivity index (χ2v) is 10.9. The maximum Gasteiger partial charge on any atom is 0.262 e. The number of sulfonamides is 1.